The van der Waals surface area contributed by atoms with Crippen molar-refractivity contribution in [2.75, 3.05) is 6.54 Å². The lowest BCUT2D eigenvalue weighted by Gasteiger charge is -2.31. The lowest BCUT2D eigenvalue weighted by molar-refractivity contribution is -0.125. The highest BCUT2D eigenvalue weighted by Gasteiger charge is 2.42. The molecule has 3 unspecified atom stereocenters. The molecule has 1 amide bonds. The summed E-state index contributed by atoms with van der Waals surface area (Å²) in [5, 5.41) is 11.5. The smallest absolute Gasteiger partial charge is 0.371 e. The molecule has 0 bridgehead atoms. The number of amides is 1. The third-order valence-corrected chi connectivity index (χ3v) is 7.08. The molecule has 1 aliphatic heterocycles. The molecule has 0 radical (unpaired) electrons. The Labute approximate surface area is 152 Å². The Hall–Kier alpha value is -1.87. The van der Waals surface area contributed by atoms with Gasteiger partial charge in [-0.05, 0) is 43.7 Å². The van der Waals surface area contributed by atoms with Crippen molar-refractivity contribution in [1.29, 1.82) is 0 Å². The normalized spacial score (nSPS) is 27.3. The van der Waals surface area contributed by atoms with E-state index in [1.54, 1.807) is 0 Å². The van der Waals surface area contributed by atoms with Crippen molar-refractivity contribution < 1.29 is 27.5 Å². The second-order valence-corrected chi connectivity index (χ2v) is 8.90. The Morgan fingerprint density at radius 2 is 1.92 bits per heavy atom. The van der Waals surface area contributed by atoms with Gasteiger partial charge in [0.1, 0.15) is 6.04 Å². The number of carbonyl (C=O) groups is 2. The average Bonchev–Trinajstić information content (AvgIpc) is 3.27. The number of carboxylic acid groups (broad SMARTS) is 1. The largest absolute Gasteiger partial charge is 0.475 e. The van der Waals surface area contributed by atoms with E-state index in [2.05, 4.69) is 12.2 Å². The van der Waals surface area contributed by atoms with Crippen LogP contribution in [0, 0.1) is 5.92 Å². The highest BCUT2D eigenvalue weighted by Crippen LogP contribution is 2.29. The van der Waals surface area contributed by atoms with Crippen LogP contribution in [0.15, 0.2) is 21.6 Å². The van der Waals surface area contributed by atoms with Gasteiger partial charge in [-0.2, -0.15) is 4.31 Å². The van der Waals surface area contributed by atoms with Crippen molar-refractivity contribution in [3.05, 3.63) is 17.9 Å². The van der Waals surface area contributed by atoms with E-state index in [1.807, 2.05) is 0 Å². The zero-order valence-corrected chi connectivity index (χ0v) is 15.5. The molecule has 1 aliphatic carbocycles. The van der Waals surface area contributed by atoms with Crippen LogP contribution in [0.3, 0.4) is 0 Å². The molecule has 2 heterocycles. The molecule has 26 heavy (non-hydrogen) atoms. The molecule has 0 spiro atoms. The first-order valence-corrected chi connectivity index (χ1v) is 10.4. The van der Waals surface area contributed by atoms with Gasteiger partial charge in [-0.15, -0.1) is 0 Å². The number of hydrogen-bond acceptors (Lipinski definition) is 5. The Morgan fingerprint density at radius 3 is 2.58 bits per heavy atom. The summed E-state index contributed by atoms with van der Waals surface area (Å²) in [6.07, 6.45) is 5.20. The van der Waals surface area contributed by atoms with Crippen molar-refractivity contribution in [1.82, 2.24) is 9.62 Å². The number of furan rings is 1. The Bertz CT molecular complexity index is 787. The molecule has 9 heteroatoms. The first kappa shape index (κ1) is 18.9. The van der Waals surface area contributed by atoms with Crippen LogP contribution in [-0.4, -0.2) is 48.3 Å². The summed E-state index contributed by atoms with van der Waals surface area (Å²) in [4.78, 5) is 23.6. The summed E-state index contributed by atoms with van der Waals surface area (Å²) in [5.74, 6) is -1.69. The second-order valence-electron chi connectivity index (χ2n) is 7.07. The van der Waals surface area contributed by atoms with Crippen LogP contribution in [0.4, 0.5) is 0 Å². The fourth-order valence-corrected chi connectivity index (χ4v) is 5.36. The molecular formula is C17H24N2O6S. The van der Waals surface area contributed by atoms with Gasteiger partial charge >= 0.3 is 5.97 Å². The van der Waals surface area contributed by atoms with Gasteiger partial charge in [-0.1, -0.05) is 19.8 Å². The maximum absolute atomic E-state index is 12.8. The van der Waals surface area contributed by atoms with Gasteiger partial charge in [0, 0.05) is 12.6 Å². The van der Waals surface area contributed by atoms with Crippen molar-refractivity contribution in [2.45, 2.75) is 62.6 Å². The van der Waals surface area contributed by atoms with E-state index >= 15 is 0 Å². The standard InChI is InChI=1S/C17H24N2O6S/c1-11-5-2-3-6-12(11)18-16(20)13-7-4-10-19(13)26(23,24)15-9-8-14(25-15)17(21)22/h8-9,11-13H,2-7,10H2,1H3,(H,18,20)(H,21,22). The Balaban J connectivity index is 1.75. The van der Waals surface area contributed by atoms with Crippen molar-refractivity contribution in [3.8, 4) is 0 Å². The average molecular weight is 384 g/mol. The zero-order chi connectivity index (χ0) is 18.9. The van der Waals surface area contributed by atoms with Crippen LogP contribution in [0.25, 0.3) is 0 Å². The predicted octanol–water partition coefficient (Wildman–Crippen LogP) is 1.83. The second kappa shape index (κ2) is 7.40. The minimum absolute atomic E-state index is 0.0728. The first-order valence-electron chi connectivity index (χ1n) is 8.96. The predicted molar refractivity (Wildman–Crippen MR) is 92.1 cm³/mol. The van der Waals surface area contributed by atoms with E-state index in [-0.39, 0.29) is 18.5 Å². The van der Waals surface area contributed by atoms with Gasteiger partial charge in [0.25, 0.3) is 10.0 Å². The van der Waals surface area contributed by atoms with Crippen LogP contribution in [0.2, 0.25) is 0 Å². The summed E-state index contributed by atoms with van der Waals surface area (Å²) < 4.78 is 31.7. The summed E-state index contributed by atoms with van der Waals surface area (Å²) in [6.45, 7) is 2.31. The van der Waals surface area contributed by atoms with Crippen molar-refractivity contribution in [3.63, 3.8) is 0 Å². The molecule has 144 valence electrons. The van der Waals surface area contributed by atoms with Gasteiger partial charge in [-0.25, -0.2) is 13.2 Å². The third-order valence-electron chi connectivity index (χ3n) is 5.30. The highest BCUT2D eigenvalue weighted by atomic mass is 32.2. The van der Waals surface area contributed by atoms with Crippen molar-refractivity contribution in [2.24, 2.45) is 5.92 Å². The lowest BCUT2D eigenvalue weighted by Crippen LogP contribution is -2.50. The molecule has 1 aromatic heterocycles. The van der Waals surface area contributed by atoms with Gasteiger partial charge in [0.2, 0.25) is 16.8 Å². The number of nitrogens with one attached hydrogen (secondary N) is 1. The van der Waals surface area contributed by atoms with E-state index in [1.165, 1.54) is 0 Å². The molecule has 8 nitrogen and oxygen atoms in total. The fraction of sp³-hybridized carbons (Fsp3) is 0.647. The number of carbonyl (C=O) groups excluding carboxylic acids is 1. The van der Waals surface area contributed by atoms with Gasteiger partial charge in [0.15, 0.2) is 0 Å². The van der Waals surface area contributed by atoms with E-state index in [0.717, 1.165) is 42.1 Å². The van der Waals surface area contributed by atoms with Crippen LogP contribution in [0.1, 0.15) is 56.0 Å². The van der Waals surface area contributed by atoms with Crippen LogP contribution < -0.4 is 5.32 Å². The van der Waals surface area contributed by atoms with Gasteiger partial charge in [0.05, 0.1) is 0 Å². The summed E-state index contributed by atoms with van der Waals surface area (Å²) in [5.41, 5.74) is 0. The van der Waals surface area contributed by atoms with E-state index < -0.39 is 32.9 Å². The van der Waals surface area contributed by atoms with Gasteiger partial charge < -0.3 is 14.8 Å². The SMILES string of the molecule is CC1CCCCC1NC(=O)C1CCCN1S(=O)(=O)c1ccc(C(=O)O)o1. The summed E-state index contributed by atoms with van der Waals surface area (Å²) >= 11 is 0. The fourth-order valence-electron chi connectivity index (χ4n) is 3.79. The minimum atomic E-state index is -4.06. The number of aromatic carboxylic acids is 1. The third kappa shape index (κ3) is 3.64. The zero-order valence-electron chi connectivity index (χ0n) is 14.7. The van der Waals surface area contributed by atoms with Gasteiger partial charge in [-0.3, -0.25) is 4.79 Å². The van der Waals surface area contributed by atoms with E-state index in [9.17, 15) is 18.0 Å². The lowest BCUT2D eigenvalue weighted by atomic mass is 9.86. The molecular weight excluding hydrogens is 360 g/mol. The maximum atomic E-state index is 12.8. The number of nitrogens with zero attached hydrogens (tertiary/aromatic N) is 1. The maximum Gasteiger partial charge on any atom is 0.371 e. The molecule has 3 atom stereocenters. The number of sulfonamides is 1. The van der Waals surface area contributed by atoms with Crippen LogP contribution >= 0.6 is 0 Å². The number of hydrogen-bond donors (Lipinski definition) is 2. The molecule has 1 saturated heterocycles. The highest BCUT2D eigenvalue weighted by molar-refractivity contribution is 7.89. The molecule has 2 N–H and O–H groups in total. The Kier molecular flexibility index (Phi) is 5.38. The minimum Gasteiger partial charge on any atom is -0.475 e. The summed E-state index contributed by atoms with van der Waals surface area (Å²) in [7, 11) is -4.06. The van der Waals surface area contributed by atoms with E-state index in [0.29, 0.717) is 18.8 Å². The summed E-state index contributed by atoms with van der Waals surface area (Å²) in [6, 6.07) is 1.51. The Morgan fingerprint density at radius 1 is 1.19 bits per heavy atom. The monoisotopic (exact) mass is 384 g/mol. The molecule has 2 aliphatic rings. The quantitative estimate of drug-likeness (QED) is 0.800. The molecule has 2 fully saturated rings. The van der Waals surface area contributed by atoms with Crippen molar-refractivity contribution >= 4 is 21.9 Å². The topological polar surface area (TPSA) is 117 Å². The molecule has 0 aromatic carbocycles. The van der Waals surface area contributed by atoms with Crippen LogP contribution in [0.5, 0.6) is 0 Å². The van der Waals surface area contributed by atoms with E-state index in [4.69, 9.17) is 9.52 Å². The molecule has 1 saturated carbocycles. The molecule has 1 aromatic rings. The first-order chi connectivity index (χ1) is 12.3. The van der Waals surface area contributed by atoms with Crippen LogP contribution in [-0.2, 0) is 14.8 Å². The number of carboxylic acids is 1. The molecule has 3 rings (SSSR count). The number of rotatable bonds is 5.